The van der Waals surface area contributed by atoms with Crippen LogP contribution in [0.1, 0.15) is 0 Å². The fourth-order valence-electron chi connectivity index (χ4n) is 0.639. The lowest BCUT2D eigenvalue weighted by atomic mass is 11.5. The number of hydrogen-bond acceptors (Lipinski definition) is 2. The molecular weight excluding hydrogens is 176 g/mol. The molecule has 0 amide bonds. The summed E-state index contributed by atoms with van der Waals surface area (Å²) >= 11 is 0. The van der Waals surface area contributed by atoms with Crippen molar-refractivity contribution in [3.8, 4) is 0 Å². The zero-order valence-electron chi connectivity index (χ0n) is 7.26. The molecule has 0 N–H and O–H groups in total. The molecule has 0 aromatic rings. The van der Waals surface area contributed by atoms with E-state index in [1.807, 2.05) is 0 Å². The predicted octanol–water partition coefficient (Wildman–Crippen LogP) is -0.0969. The third kappa shape index (κ3) is 6.69. The zero-order valence-corrected chi connectivity index (χ0v) is 11.0. The standard InChI is InChI=1S/C5H17O2Si3/c1-9(2)6-5(8)7-10(3)4/h5,9-10H,8H2,1-4H3. The van der Waals surface area contributed by atoms with Gasteiger partial charge in [0.15, 0.2) is 18.1 Å². The zero-order chi connectivity index (χ0) is 8.15. The lowest BCUT2D eigenvalue weighted by Gasteiger charge is -2.18. The highest BCUT2D eigenvalue weighted by atomic mass is 28.3. The molecule has 0 rings (SSSR count). The molecule has 0 unspecified atom stereocenters. The highest BCUT2D eigenvalue weighted by Crippen LogP contribution is 1.95. The van der Waals surface area contributed by atoms with Gasteiger partial charge in [-0.3, -0.25) is 0 Å². The molecule has 0 saturated carbocycles. The first kappa shape index (κ1) is 10.6. The van der Waals surface area contributed by atoms with Crippen molar-refractivity contribution in [1.29, 1.82) is 0 Å². The maximum atomic E-state index is 5.52. The summed E-state index contributed by atoms with van der Waals surface area (Å²) in [6.45, 7) is 8.64. The Morgan fingerprint density at radius 1 is 1.00 bits per heavy atom. The van der Waals surface area contributed by atoms with E-state index in [1.165, 1.54) is 0 Å². The summed E-state index contributed by atoms with van der Waals surface area (Å²) < 4.78 is 11.0. The molecule has 0 atom stereocenters. The van der Waals surface area contributed by atoms with Gasteiger partial charge in [-0.2, -0.15) is 0 Å². The molecule has 1 radical (unpaired) electrons. The van der Waals surface area contributed by atoms with E-state index in [9.17, 15) is 0 Å². The van der Waals surface area contributed by atoms with Crippen molar-refractivity contribution in [1.82, 2.24) is 0 Å². The molecule has 61 valence electrons. The van der Waals surface area contributed by atoms with Gasteiger partial charge in [0.25, 0.3) is 0 Å². The van der Waals surface area contributed by atoms with Crippen LogP contribution in [0.2, 0.25) is 26.2 Å². The molecule has 5 heteroatoms. The molecule has 0 spiro atoms. The first-order chi connectivity index (χ1) is 4.52. The molecule has 0 saturated heterocycles. The predicted molar refractivity (Wildman–Crippen MR) is 52.3 cm³/mol. The van der Waals surface area contributed by atoms with Crippen LogP contribution in [0.25, 0.3) is 0 Å². The quantitative estimate of drug-likeness (QED) is 0.459. The summed E-state index contributed by atoms with van der Waals surface area (Å²) in [6, 6.07) is 0. The second-order valence-electron chi connectivity index (χ2n) is 2.80. The summed E-state index contributed by atoms with van der Waals surface area (Å²) in [4.78, 5) is 0. The molecule has 0 aliphatic carbocycles. The molecule has 2 nitrogen and oxygen atoms in total. The summed E-state index contributed by atoms with van der Waals surface area (Å²) in [6.07, 6.45) is 0. The van der Waals surface area contributed by atoms with Gasteiger partial charge < -0.3 is 8.85 Å². The Hall–Kier alpha value is 0.571. The largest absolute Gasteiger partial charge is 0.401 e. The second kappa shape index (κ2) is 5.25. The lowest BCUT2D eigenvalue weighted by Crippen LogP contribution is -2.28. The minimum Gasteiger partial charge on any atom is -0.401 e. The van der Waals surface area contributed by atoms with E-state index < -0.39 is 18.1 Å². The topological polar surface area (TPSA) is 18.5 Å². The second-order valence-corrected chi connectivity index (χ2v) is 8.21. The van der Waals surface area contributed by atoms with Crippen LogP contribution in [0.5, 0.6) is 0 Å². The monoisotopic (exact) mass is 193 g/mol. The Morgan fingerprint density at radius 3 is 1.50 bits per heavy atom. The van der Waals surface area contributed by atoms with Crippen molar-refractivity contribution in [2.45, 2.75) is 32.1 Å². The average molecular weight is 193 g/mol. The SMILES string of the molecule is C[SiH](C)OC([SiH2])O[SiH](C)C. The Kier molecular flexibility index (Phi) is 5.55. The average Bonchev–Trinajstić information content (AvgIpc) is 1.58. The maximum Gasteiger partial charge on any atom is 0.173 e. The molecule has 0 aliphatic heterocycles. The van der Waals surface area contributed by atoms with Crippen LogP contribution in [-0.2, 0) is 8.85 Å². The van der Waals surface area contributed by atoms with E-state index >= 15 is 0 Å². The normalized spacial score (nSPS) is 12.0. The number of hydrogen-bond donors (Lipinski definition) is 0. The summed E-state index contributed by atoms with van der Waals surface area (Å²) in [5, 5.41) is 0. The fraction of sp³-hybridized carbons (Fsp3) is 1.00. The van der Waals surface area contributed by atoms with Gasteiger partial charge in [0.05, 0.1) is 10.2 Å². The first-order valence-corrected chi connectivity index (χ1v) is 10.0. The van der Waals surface area contributed by atoms with E-state index in [0.717, 1.165) is 0 Å². The molecule has 0 aliphatic rings. The fourth-order valence-corrected chi connectivity index (χ4v) is 4.42. The summed E-state index contributed by atoms with van der Waals surface area (Å²) in [7, 11) is 0.0247. The molecule has 0 bridgehead atoms. The van der Waals surface area contributed by atoms with Gasteiger partial charge in [-0.15, -0.1) is 0 Å². The molecule has 0 heterocycles. The minimum absolute atomic E-state index is 0.0679. The lowest BCUT2D eigenvalue weighted by molar-refractivity contribution is 0.0762. The van der Waals surface area contributed by atoms with Crippen LogP contribution >= 0.6 is 0 Å². The third-order valence-electron chi connectivity index (χ3n) is 0.848. The van der Waals surface area contributed by atoms with Gasteiger partial charge in [-0.05, 0) is 26.2 Å². The van der Waals surface area contributed by atoms with Crippen LogP contribution in [0.3, 0.4) is 0 Å². The Bertz CT molecular complexity index is 77.0. The van der Waals surface area contributed by atoms with Gasteiger partial charge in [-0.1, -0.05) is 0 Å². The number of rotatable bonds is 4. The summed E-state index contributed by atoms with van der Waals surface area (Å²) in [5.41, 5.74) is 0. The van der Waals surface area contributed by atoms with E-state index in [-0.39, 0.29) is 5.91 Å². The highest BCUT2D eigenvalue weighted by molar-refractivity contribution is 6.50. The van der Waals surface area contributed by atoms with Crippen molar-refractivity contribution < 1.29 is 8.85 Å². The smallest absolute Gasteiger partial charge is 0.173 e. The molecule has 10 heavy (non-hydrogen) atoms. The van der Waals surface area contributed by atoms with E-state index in [4.69, 9.17) is 8.85 Å². The van der Waals surface area contributed by atoms with Gasteiger partial charge in [-0.25, -0.2) is 0 Å². The van der Waals surface area contributed by atoms with Crippen molar-refractivity contribution in [2.24, 2.45) is 0 Å². The van der Waals surface area contributed by atoms with Crippen molar-refractivity contribution in [3.63, 3.8) is 0 Å². The Balaban J connectivity index is 3.34. The third-order valence-corrected chi connectivity index (χ3v) is 3.70. The van der Waals surface area contributed by atoms with Crippen LogP contribution in [0.15, 0.2) is 0 Å². The molecular formula is C5H17O2Si3. The van der Waals surface area contributed by atoms with E-state index in [0.29, 0.717) is 0 Å². The minimum atomic E-state index is -0.883. The van der Waals surface area contributed by atoms with Crippen molar-refractivity contribution >= 4 is 28.3 Å². The van der Waals surface area contributed by atoms with Gasteiger partial charge >= 0.3 is 0 Å². The van der Waals surface area contributed by atoms with E-state index in [2.05, 4.69) is 26.2 Å². The van der Waals surface area contributed by atoms with Crippen LogP contribution in [0.4, 0.5) is 0 Å². The first-order valence-electron chi connectivity index (χ1n) is 3.66. The molecule has 0 aromatic carbocycles. The summed E-state index contributed by atoms with van der Waals surface area (Å²) in [5.74, 6) is 0.0679. The Morgan fingerprint density at radius 2 is 1.30 bits per heavy atom. The molecule has 0 fully saturated rings. The highest BCUT2D eigenvalue weighted by Gasteiger charge is 2.06. The van der Waals surface area contributed by atoms with Crippen molar-refractivity contribution in [2.75, 3.05) is 0 Å². The van der Waals surface area contributed by atoms with Gasteiger partial charge in [0.2, 0.25) is 0 Å². The van der Waals surface area contributed by atoms with Crippen LogP contribution in [-0.4, -0.2) is 34.2 Å². The van der Waals surface area contributed by atoms with Gasteiger partial charge in [0, 0.05) is 0 Å². The van der Waals surface area contributed by atoms with Crippen LogP contribution < -0.4 is 0 Å². The molecule has 0 aromatic heterocycles. The van der Waals surface area contributed by atoms with Gasteiger partial charge in [0.1, 0.15) is 5.91 Å². The maximum absolute atomic E-state index is 5.52. The van der Waals surface area contributed by atoms with E-state index in [1.54, 1.807) is 10.2 Å². The van der Waals surface area contributed by atoms with Crippen molar-refractivity contribution in [3.05, 3.63) is 0 Å². The van der Waals surface area contributed by atoms with Crippen LogP contribution in [0, 0.1) is 0 Å². The Labute approximate surface area is 69.8 Å².